The van der Waals surface area contributed by atoms with Crippen LogP contribution in [0, 0.1) is 12.8 Å². The van der Waals surface area contributed by atoms with E-state index in [2.05, 4.69) is 0 Å². The SMILES string of the molecule is Cc1c(C(=O)N2C[C@@H](C(N)=O)CC[C@@H]2C)sc2ccccc12. The van der Waals surface area contributed by atoms with Gasteiger partial charge in [-0.2, -0.15) is 0 Å². The van der Waals surface area contributed by atoms with E-state index in [1.165, 1.54) is 11.3 Å². The molecule has 1 fully saturated rings. The maximum absolute atomic E-state index is 13.0. The van der Waals surface area contributed by atoms with Crippen molar-refractivity contribution in [2.75, 3.05) is 6.54 Å². The maximum Gasteiger partial charge on any atom is 0.264 e. The molecule has 0 saturated carbocycles. The van der Waals surface area contributed by atoms with Crippen LogP contribution in [0.2, 0.25) is 0 Å². The molecule has 116 valence electrons. The molecular weight excluding hydrogens is 296 g/mol. The van der Waals surface area contributed by atoms with Gasteiger partial charge in [0.1, 0.15) is 0 Å². The van der Waals surface area contributed by atoms with E-state index >= 15 is 0 Å². The number of benzene rings is 1. The second-order valence-corrected chi connectivity index (χ2v) is 7.09. The Morgan fingerprint density at radius 1 is 1.27 bits per heavy atom. The van der Waals surface area contributed by atoms with E-state index in [1.807, 2.05) is 43.0 Å². The molecule has 2 aromatic rings. The van der Waals surface area contributed by atoms with Gasteiger partial charge in [-0.05, 0) is 43.7 Å². The predicted octanol–water partition coefficient (Wildman–Crippen LogP) is 2.94. The molecule has 1 aliphatic rings. The molecule has 0 radical (unpaired) electrons. The molecule has 22 heavy (non-hydrogen) atoms. The van der Waals surface area contributed by atoms with Gasteiger partial charge in [-0.3, -0.25) is 9.59 Å². The highest BCUT2D eigenvalue weighted by Crippen LogP contribution is 2.33. The Kier molecular flexibility index (Phi) is 3.91. The van der Waals surface area contributed by atoms with Gasteiger partial charge in [-0.25, -0.2) is 0 Å². The quantitative estimate of drug-likeness (QED) is 0.926. The fourth-order valence-corrected chi connectivity index (χ4v) is 4.30. The molecule has 0 aliphatic carbocycles. The Labute approximate surface area is 133 Å². The van der Waals surface area contributed by atoms with Crippen LogP contribution in [0.25, 0.3) is 10.1 Å². The van der Waals surface area contributed by atoms with Crippen LogP contribution in [-0.2, 0) is 4.79 Å². The van der Waals surface area contributed by atoms with Crippen LogP contribution in [0.15, 0.2) is 24.3 Å². The van der Waals surface area contributed by atoms with Crippen molar-refractivity contribution in [3.63, 3.8) is 0 Å². The summed E-state index contributed by atoms with van der Waals surface area (Å²) in [6, 6.07) is 8.20. The van der Waals surface area contributed by atoms with Gasteiger partial charge >= 0.3 is 0 Å². The van der Waals surface area contributed by atoms with Gasteiger partial charge in [0.25, 0.3) is 5.91 Å². The van der Waals surface area contributed by atoms with Crippen molar-refractivity contribution in [3.8, 4) is 0 Å². The molecular formula is C17H20N2O2S. The van der Waals surface area contributed by atoms with Crippen molar-refractivity contribution in [2.24, 2.45) is 11.7 Å². The van der Waals surface area contributed by atoms with Crippen molar-refractivity contribution < 1.29 is 9.59 Å². The van der Waals surface area contributed by atoms with Crippen LogP contribution in [-0.4, -0.2) is 29.3 Å². The van der Waals surface area contributed by atoms with Crippen molar-refractivity contribution in [2.45, 2.75) is 32.7 Å². The number of likely N-dealkylation sites (tertiary alicyclic amines) is 1. The lowest BCUT2D eigenvalue weighted by molar-refractivity contribution is -0.123. The molecule has 1 saturated heterocycles. The van der Waals surface area contributed by atoms with E-state index in [1.54, 1.807) is 0 Å². The van der Waals surface area contributed by atoms with E-state index in [-0.39, 0.29) is 23.8 Å². The minimum Gasteiger partial charge on any atom is -0.369 e. The minimum atomic E-state index is -0.308. The predicted molar refractivity (Wildman–Crippen MR) is 89.0 cm³/mol. The number of fused-ring (bicyclic) bond motifs is 1. The number of primary amides is 1. The zero-order valence-electron chi connectivity index (χ0n) is 12.8. The number of carbonyl (C=O) groups excluding carboxylic acids is 2. The normalized spacial score (nSPS) is 22.0. The fraction of sp³-hybridized carbons (Fsp3) is 0.412. The highest BCUT2D eigenvalue weighted by Gasteiger charge is 2.33. The largest absolute Gasteiger partial charge is 0.369 e. The Morgan fingerprint density at radius 2 is 2.00 bits per heavy atom. The standard InChI is InChI=1S/C17H20N2O2S/c1-10-7-8-12(16(18)20)9-19(10)17(21)15-11(2)13-5-3-4-6-14(13)22-15/h3-6,10,12H,7-9H2,1-2H3,(H2,18,20)/t10-,12-/m0/s1. The van der Waals surface area contributed by atoms with Gasteiger partial charge in [0.05, 0.1) is 10.8 Å². The number of aryl methyl sites for hydroxylation is 1. The average Bonchev–Trinajstić information content (AvgIpc) is 2.84. The summed E-state index contributed by atoms with van der Waals surface area (Å²) in [5.74, 6) is -0.509. The van der Waals surface area contributed by atoms with Crippen molar-refractivity contribution in [1.82, 2.24) is 4.90 Å². The van der Waals surface area contributed by atoms with Crippen LogP contribution < -0.4 is 5.73 Å². The van der Waals surface area contributed by atoms with Crippen LogP contribution in [0.3, 0.4) is 0 Å². The molecule has 0 spiro atoms. The van der Waals surface area contributed by atoms with E-state index in [4.69, 9.17) is 5.73 Å². The minimum absolute atomic E-state index is 0.0251. The van der Waals surface area contributed by atoms with Gasteiger partial charge in [-0.1, -0.05) is 18.2 Å². The summed E-state index contributed by atoms with van der Waals surface area (Å²) in [5.41, 5.74) is 6.46. The molecule has 2 heterocycles. The number of hydrogen-bond donors (Lipinski definition) is 1. The highest BCUT2D eigenvalue weighted by atomic mass is 32.1. The number of amides is 2. The Bertz CT molecular complexity index is 737. The second kappa shape index (κ2) is 5.72. The first kappa shape index (κ1) is 15.0. The zero-order chi connectivity index (χ0) is 15.9. The van der Waals surface area contributed by atoms with Crippen molar-refractivity contribution >= 4 is 33.2 Å². The molecule has 5 heteroatoms. The second-order valence-electron chi connectivity index (χ2n) is 6.04. The summed E-state index contributed by atoms with van der Waals surface area (Å²) < 4.78 is 1.12. The summed E-state index contributed by atoms with van der Waals surface area (Å²) in [5, 5.41) is 1.13. The third-order valence-electron chi connectivity index (χ3n) is 4.58. The van der Waals surface area contributed by atoms with Crippen LogP contribution in [0.1, 0.15) is 35.0 Å². The summed E-state index contributed by atoms with van der Waals surface area (Å²) in [4.78, 5) is 27.0. The van der Waals surface area contributed by atoms with Gasteiger partial charge in [-0.15, -0.1) is 11.3 Å². The lowest BCUT2D eigenvalue weighted by Gasteiger charge is -2.36. The topological polar surface area (TPSA) is 63.4 Å². The maximum atomic E-state index is 13.0. The van der Waals surface area contributed by atoms with Gasteiger partial charge in [0, 0.05) is 17.3 Å². The molecule has 1 aliphatic heterocycles. The molecule has 2 atom stereocenters. The smallest absolute Gasteiger partial charge is 0.264 e. The Hall–Kier alpha value is -1.88. The summed E-state index contributed by atoms with van der Waals surface area (Å²) >= 11 is 1.53. The first-order chi connectivity index (χ1) is 10.5. The number of rotatable bonds is 2. The average molecular weight is 316 g/mol. The van der Waals surface area contributed by atoms with E-state index in [0.29, 0.717) is 6.54 Å². The first-order valence-electron chi connectivity index (χ1n) is 7.57. The van der Waals surface area contributed by atoms with Crippen LogP contribution >= 0.6 is 11.3 Å². The molecule has 2 N–H and O–H groups in total. The molecule has 3 rings (SSSR count). The van der Waals surface area contributed by atoms with Crippen LogP contribution in [0.5, 0.6) is 0 Å². The fourth-order valence-electron chi connectivity index (χ4n) is 3.13. The number of hydrogen-bond acceptors (Lipinski definition) is 3. The number of thiophene rings is 1. The number of nitrogens with two attached hydrogens (primary N) is 1. The van der Waals surface area contributed by atoms with Crippen molar-refractivity contribution in [3.05, 3.63) is 34.7 Å². The lowest BCUT2D eigenvalue weighted by Crippen LogP contribution is -2.48. The zero-order valence-corrected chi connectivity index (χ0v) is 13.7. The number of nitrogens with zero attached hydrogens (tertiary/aromatic N) is 1. The van der Waals surface area contributed by atoms with E-state index in [0.717, 1.165) is 33.4 Å². The van der Waals surface area contributed by atoms with E-state index in [9.17, 15) is 9.59 Å². The molecule has 0 bridgehead atoms. The molecule has 1 aromatic heterocycles. The first-order valence-corrected chi connectivity index (χ1v) is 8.39. The third kappa shape index (κ3) is 2.50. The summed E-state index contributed by atoms with van der Waals surface area (Å²) in [6.07, 6.45) is 1.59. The monoisotopic (exact) mass is 316 g/mol. The van der Waals surface area contributed by atoms with Crippen molar-refractivity contribution in [1.29, 1.82) is 0 Å². The third-order valence-corrected chi connectivity index (χ3v) is 5.84. The van der Waals surface area contributed by atoms with E-state index < -0.39 is 0 Å². The molecule has 0 unspecified atom stereocenters. The molecule has 4 nitrogen and oxygen atoms in total. The van der Waals surface area contributed by atoms with Crippen LogP contribution in [0.4, 0.5) is 0 Å². The number of carbonyl (C=O) groups is 2. The molecule has 2 amide bonds. The van der Waals surface area contributed by atoms with Gasteiger partial charge < -0.3 is 10.6 Å². The Morgan fingerprint density at radius 3 is 2.68 bits per heavy atom. The highest BCUT2D eigenvalue weighted by molar-refractivity contribution is 7.21. The number of piperidine rings is 1. The summed E-state index contributed by atoms with van der Waals surface area (Å²) in [7, 11) is 0. The lowest BCUT2D eigenvalue weighted by atomic mass is 9.92. The molecule has 1 aromatic carbocycles. The Balaban J connectivity index is 1.94. The summed E-state index contributed by atoms with van der Waals surface area (Å²) in [6.45, 7) is 4.47. The van der Waals surface area contributed by atoms with Gasteiger partial charge in [0.2, 0.25) is 5.91 Å². The van der Waals surface area contributed by atoms with Gasteiger partial charge in [0.15, 0.2) is 0 Å².